The molecule has 0 atom stereocenters. The molecule has 0 amide bonds. The summed E-state index contributed by atoms with van der Waals surface area (Å²) in [6.45, 7) is 0. The van der Waals surface area contributed by atoms with Gasteiger partial charge in [-0.1, -0.05) is 0 Å². The average Bonchev–Trinajstić information content (AvgIpc) is 2.37. The van der Waals surface area contributed by atoms with Crippen LogP contribution in [0.5, 0.6) is 23.0 Å². The molecule has 110 valence electrons. The second-order valence-corrected chi connectivity index (χ2v) is 4.42. The molecule has 7 heteroatoms. The van der Waals surface area contributed by atoms with Crippen molar-refractivity contribution in [3.63, 3.8) is 0 Å². The first kappa shape index (κ1) is 14.5. The monoisotopic (exact) mass is 292 g/mol. The van der Waals surface area contributed by atoms with Crippen molar-refractivity contribution in [3.05, 3.63) is 47.5 Å². The van der Waals surface area contributed by atoms with Crippen LogP contribution < -0.4 is 0 Å². The Morgan fingerprint density at radius 3 is 1.48 bits per heavy atom. The lowest BCUT2D eigenvalue weighted by molar-refractivity contribution is -0.155. The Hall–Kier alpha value is -2.93. The molecule has 2 aromatic carbocycles. The summed E-state index contributed by atoms with van der Waals surface area (Å²) in [5.74, 6) is -3.71. The van der Waals surface area contributed by atoms with Crippen LogP contribution >= 0.6 is 0 Å². The van der Waals surface area contributed by atoms with Crippen molar-refractivity contribution in [1.29, 1.82) is 0 Å². The fourth-order valence-electron chi connectivity index (χ4n) is 2.03. The normalized spacial score (nSPS) is 11.3. The van der Waals surface area contributed by atoms with Crippen LogP contribution in [-0.2, 0) is 10.4 Å². The van der Waals surface area contributed by atoms with E-state index in [1.54, 1.807) is 0 Å². The number of benzene rings is 2. The van der Waals surface area contributed by atoms with E-state index in [2.05, 4.69) is 0 Å². The zero-order chi connectivity index (χ0) is 15.8. The van der Waals surface area contributed by atoms with Crippen LogP contribution in [0.3, 0.4) is 0 Å². The molecule has 0 aromatic heterocycles. The van der Waals surface area contributed by atoms with Crippen molar-refractivity contribution < 1.29 is 35.4 Å². The number of aliphatic hydroxyl groups is 1. The third-order valence-electron chi connectivity index (χ3n) is 3.05. The quantitative estimate of drug-likeness (QED) is 0.492. The molecule has 0 radical (unpaired) electrons. The summed E-state index contributed by atoms with van der Waals surface area (Å²) < 4.78 is 0. The van der Waals surface area contributed by atoms with Gasteiger partial charge in [0.2, 0.25) is 5.60 Å². The van der Waals surface area contributed by atoms with Gasteiger partial charge in [0, 0.05) is 23.3 Å². The van der Waals surface area contributed by atoms with Crippen molar-refractivity contribution in [3.8, 4) is 23.0 Å². The van der Waals surface area contributed by atoms with Gasteiger partial charge in [0.05, 0.1) is 0 Å². The molecular weight excluding hydrogens is 280 g/mol. The highest BCUT2D eigenvalue weighted by molar-refractivity contribution is 5.86. The maximum atomic E-state index is 11.5. The molecule has 0 aliphatic carbocycles. The molecule has 0 saturated heterocycles. The van der Waals surface area contributed by atoms with Gasteiger partial charge in [-0.3, -0.25) is 0 Å². The molecule has 21 heavy (non-hydrogen) atoms. The number of carboxylic acids is 1. The van der Waals surface area contributed by atoms with Crippen molar-refractivity contribution in [2.45, 2.75) is 5.60 Å². The fraction of sp³-hybridized carbons (Fsp3) is 0.0714. The van der Waals surface area contributed by atoms with E-state index in [0.717, 1.165) is 36.4 Å². The van der Waals surface area contributed by atoms with E-state index in [0.29, 0.717) is 0 Å². The Morgan fingerprint density at radius 2 is 1.19 bits per heavy atom. The van der Waals surface area contributed by atoms with Gasteiger partial charge in [0.25, 0.3) is 0 Å². The van der Waals surface area contributed by atoms with Gasteiger partial charge in [-0.25, -0.2) is 4.79 Å². The number of carbonyl (C=O) groups is 1. The summed E-state index contributed by atoms with van der Waals surface area (Å²) in [5.41, 5.74) is -3.63. The fourth-order valence-corrected chi connectivity index (χ4v) is 2.03. The van der Waals surface area contributed by atoms with Crippen molar-refractivity contribution in [2.24, 2.45) is 0 Å². The van der Waals surface area contributed by atoms with E-state index in [1.165, 1.54) is 0 Å². The van der Waals surface area contributed by atoms with Crippen LogP contribution in [0.4, 0.5) is 0 Å². The second kappa shape index (κ2) is 4.88. The third-order valence-corrected chi connectivity index (χ3v) is 3.05. The Kier molecular flexibility index (Phi) is 3.36. The maximum Gasteiger partial charge on any atom is 0.345 e. The molecular formula is C14H12O7. The lowest BCUT2D eigenvalue weighted by atomic mass is 9.85. The second-order valence-electron chi connectivity index (χ2n) is 4.42. The predicted molar refractivity (Wildman–Crippen MR) is 70.2 cm³/mol. The highest BCUT2D eigenvalue weighted by atomic mass is 16.4. The number of hydrogen-bond acceptors (Lipinski definition) is 6. The molecule has 0 saturated carbocycles. The zero-order valence-corrected chi connectivity index (χ0v) is 10.6. The lowest BCUT2D eigenvalue weighted by Gasteiger charge is -2.26. The van der Waals surface area contributed by atoms with E-state index in [4.69, 9.17) is 0 Å². The summed E-state index contributed by atoms with van der Waals surface area (Å²) in [6.07, 6.45) is 0. The van der Waals surface area contributed by atoms with Gasteiger partial charge in [0.1, 0.15) is 23.0 Å². The van der Waals surface area contributed by atoms with Crippen molar-refractivity contribution in [2.75, 3.05) is 0 Å². The Balaban J connectivity index is 2.74. The summed E-state index contributed by atoms with van der Waals surface area (Å²) in [6, 6.07) is 5.93. The first-order valence-electron chi connectivity index (χ1n) is 5.77. The Labute approximate surface area is 118 Å². The van der Waals surface area contributed by atoms with Crippen LogP contribution in [0, 0.1) is 0 Å². The molecule has 6 N–H and O–H groups in total. The summed E-state index contributed by atoms with van der Waals surface area (Å²) in [5, 5.41) is 57.8. The Bertz CT molecular complexity index is 657. The highest BCUT2D eigenvalue weighted by Crippen LogP contribution is 2.41. The van der Waals surface area contributed by atoms with E-state index in [9.17, 15) is 35.4 Å². The summed E-state index contributed by atoms with van der Waals surface area (Å²) >= 11 is 0. The standard InChI is InChI=1S/C14H12O7/c15-7-1-3-9(11(17)5-7)14(21,13(19)20)10-4-2-8(16)6-12(10)18/h1-6,15-18,21H,(H,19,20). The molecule has 0 aliphatic rings. The summed E-state index contributed by atoms with van der Waals surface area (Å²) in [4.78, 5) is 11.5. The van der Waals surface area contributed by atoms with Crippen molar-refractivity contribution in [1.82, 2.24) is 0 Å². The van der Waals surface area contributed by atoms with Gasteiger partial charge < -0.3 is 30.6 Å². The van der Waals surface area contributed by atoms with Crippen LogP contribution in [0.15, 0.2) is 36.4 Å². The van der Waals surface area contributed by atoms with Crippen molar-refractivity contribution >= 4 is 5.97 Å². The molecule has 2 rings (SSSR count). The number of phenolic OH excluding ortho intramolecular Hbond substituents is 4. The number of carboxylic acid groups (broad SMARTS) is 1. The third kappa shape index (κ3) is 2.30. The van der Waals surface area contributed by atoms with Gasteiger partial charge in [0.15, 0.2) is 0 Å². The van der Waals surface area contributed by atoms with Gasteiger partial charge >= 0.3 is 5.97 Å². The molecule has 0 heterocycles. The highest BCUT2D eigenvalue weighted by Gasteiger charge is 2.44. The Morgan fingerprint density at radius 1 is 0.810 bits per heavy atom. The number of rotatable bonds is 3. The molecule has 0 aliphatic heterocycles. The molecule has 2 aromatic rings. The number of aromatic hydroxyl groups is 4. The first-order valence-corrected chi connectivity index (χ1v) is 5.77. The van der Waals surface area contributed by atoms with E-state index < -0.39 is 34.2 Å². The topological polar surface area (TPSA) is 138 Å². The first-order chi connectivity index (χ1) is 9.76. The van der Waals surface area contributed by atoms with Gasteiger partial charge in [-0.15, -0.1) is 0 Å². The molecule has 0 bridgehead atoms. The van der Waals surface area contributed by atoms with E-state index in [-0.39, 0.29) is 11.5 Å². The molecule has 0 spiro atoms. The minimum absolute atomic E-state index is 0.320. The SMILES string of the molecule is O=C(O)C(O)(c1ccc(O)cc1O)c1ccc(O)cc1O. The van der Waals surface area contributed by atoms with Crippen LogP contribution in [0.2, 0.25) is 0 Å². The lowest BCUT2D eigenvalue weighted by Crippen LogP contribution is -2.37. The smallest absolute Gasteiger partial charge is 0.345 e. The number of aliphatic carboxylic acids is 1. The molecule has 0 unspecified atom stereocenters. The number of hydrogen-bond donors (Lipinski definition) is 6. The minimum atomic E-state index is -2.75. The van der Waals surface area contributed by atoms with Gasteiger partial charge in [-0.2, -0.15) is 0 Å². The minimum Gasteiger partial charge on any atom is -0.508 e. The van der Waals surface area contributed by atoms with E-state index in [1.807, 2.05) is 0 Å². The maximum absolute atomic E-state index is 11.5. The molecule has 0 fully saturated rings. The van der Waals surface area contributed by atoms with Crippen LogP contribution in [0.25, 0.3) is 0 Å². The average molecular weight is 292 g/mol. The van der Waals surface area contributed by atoms with Crippen LogP contribution in [0.1, 0.15) is 11.1 Å². The largest absolute Gasteiger partial charge is 0.508 e. The zero-order valence-electron chi connectivity index (χ0n) is 10.6. The van der Waals surface area contributed by atoms with Crippen LogP contribution in [-0.4, -0.2) is 36.6 Å². The molecule has 7 nitrogen and oxygen atoms in total. The number of phenols is 4. The summed E-state index contributed by atoms with van der Waals surface area (Å²) in [7, 11) is 0. The predicted octanol–water partition coefficient (Wildman–Crippen LogP) is 0.829. The van der Waals surface area contributed by atoms with E-state index >= 15 is 0 Å². The van der Waals surface area contributed by atoms with Gasteiger partial charge in [-0.05, 0) is 24.3 Å².